The Morgan fingerprint density at radius 3 is 2.63 bits per heavy atom. The van der Waals surface area contributed by atoms with E-state index in [1.54, 1.807) is 31.2 Å². The van der Waals surface area contributed by atoms with Crippen LogP contribution < -0.4 is 5.32 Å². The van der Waals surface area contributed by atoms with Crippen LogP contribution in [0.2, 0.25) is 0 Å². The lowest BCUT2D eigenvalue weighted by Crippen LogP contribution is -2.26. The van der Waals surface area contributed by atoms with Crippen molar-refractivity contribution < 1.29 is 14.3 Å². The molecule has 0 aliphatic rings. The SMILES string of the molecule is CC(NC(=O)c1cccc(O)c1)c1cccc(F)c1. The van der Waals surface area contributed by atoms with Gasteiger partial charge in [0.05, 0.1) is 6.04 Å². The van der Waals surface area contributed by atoms with E-state index in [0.29, 0.717) is 11.1 Å². The second-order valence-electron chi connectivity index (χ2n) is 4.30. The monoisotopic (exact) mass is 259 g/mol. The van der Waals surface area contributed by atoms with Crippen molar-refractivity contribution in [2.75, 3.05) is 0 Å². The zero-order valence-corrected chi connectivity index (χ0v) is 10.4. The molecule has 0 aliphatic heterocycles. The highest BCUT2D eigenvalue weighted by Gasteiger charge is 2.12. The van der Waals surface area contributed by atoms with E-state index in [1.165, 1.54) is 24.3 Å². The predicted octanol–water partition coefficient (Wildman–Crippen LogP) is 3.02. The molecule has 0 aliphatic carbocycles. The lowest BCUT2D eigenvalue weighted by molar-refractivity contribution is 0.0939. The fourth-order valence-electron chi connectivity index (χ4n) is 1.79. The molecule has 0 saturated carbocycles. The van der Waals surface area contributed by atoms with Crippen molar-refractivity contribution in [3.63, 3.8) is 0 Å². The minimum Gasteiger partial charge on any atom is -0.508 e. The second kappa shape index (κ2) is 5.52. The van der Waals surface area contributed by atoms with Gasteiger partial charge in [-0.15, -0.1) is 0 Å². The molecule has 0 spiro atoms. The van der Waals surface area contributed by atoms with Crippen LogP contribution >= 0.6 is 0 Å². The highest BCUT2D eigenvalue weighted by molar-refractivity contribution is 5.94. The Kier molecular flexibility index (Phi) is 3.80. The molecule has 1 unspecified atom stereocenters. The van der Waals surface area contributed by atoms with Crippen LogP contribution in [0.25, 0.3) is 0 Å². The van der Waals surface area contributed by atoms with Gasteiger partial charge in [0.1, 0.15) is 11.6 Å². The van der Waals surface area contributed by atoms with Crippen molar-refractivity contribution in [2.24, 2.45) is 0 Å². The normalized spacial score (nSPS) is 11.9. The number of hydrogen-bond acceptors (Lipinski definition) is 2. The molecule has 4 heteroatoms. The average molecular weight is 259 g/mol. The van der Waals surface area contributed by atoms with E-state index in [9.17, 15) is 14.3 Å². The summed E-state index contributed by atoms with van der Waals surface area (Å²) in [7, 11) is 0. The van der Waals surface area contributed by atoms with Crippen molar-refractivity contribution >= 4 is 5.91 Å². The summed E-state index contributed by atoms with van der Waals surface area (Å²) in [6, 6.07) is 11.8. The molecule has 98 valence electrons. The summed E-state index contributed by atoms with van der Waals surface area (Å²) in [6.07, 6.45) is 0. The van der Waals surface area contributed by atoms with Crippen molar-refractivity contribution in [2.45, 2.75) is 13.0 Å². The van der Waals surface area contributed by atoms with E-state index in [-0.39, 0.29) is 23.5 Å². The largest absolute Gasteiger partial charge is 0.508 e. The summed E-state index contributed by atoms with van der Waals surface area (Å²) in [5, 5.41) is 12.1. The molecular formula is C15H14FNO2. The fraction of sp³-hybridized carbons (Fsp3) is 0.133. The maximum Gasteiger partial charge on any atom is 0.251 e. The van der Waals surface area contributed by atoms with E-state index >= 15 is 0 Å². The first-order chi connectivity index (χ1) is 9.06. The van der Waals surface area contributed by atoms with Crippen LogP contribution in [0.3, 0.4) is 0 Å². The van der Waals surface area contributed by atoms with Crippen LogP contribution in [0.4, 0.5) is 4.39 Å². The van der Waals surface area contributed by atoms with Gasteiger partial charge in [0.25, 0.3) is 5.91 Å². The number of amides is 1. The lowest BCUT2D eigenvalue weighted by atomic mass is 10.1. The summed E-state index contributed by atoms with van der Waals surface area (Å²) in [5.74, 6) is -0.616. The Morgan fingerprint density at radius 1 is 1.21 bits per heavy atom. The molecule has 0 saturated heterocycles. The second-order valence-corrected chi connectivity index (χ2v) is 4.30. The van der Waals surface area contributed by atoms with Crippen LogP contribution in [-0.4, -0.2) is 11.0 Å². The smallest absolute Gasteiger partial charge is 0.251 e. The third kappa shape index (κ3) is 3.31. The average Bonchev–Trinajstić information content (AvgIpc) is 2.38. The Balaban J connectivity index is 2.11. The maximum atomic E-state index is 13.1. The molecule has 1 atom stereocenters. The van der Waals surface area contributed by atoms with Gasteiger partial charge < -0.3 is 10.4 Å². The lowest BCUT2D eigenvalue weighted by Gasteiger charge is -2.14. The van der Waals surface area contributed by atoms with E-state index in [4.69, 9.17) is 0 Å². The highest BCUT2D eigenvalue weighted by Crippen LogP contribution is 2.16. The number of halogens is 1. The molecule has 3 nitrogen and oxygen atoms in total. The van der Waals surface area contributed by atoms with Crippen LogP contribution in [0.15, 0.2) is 48.5 Å². The summed E-state index contributed by atoms with van der Waals surface area (Å²) in [4.78, 5) is 11.9. The molecule has 0 bridgehead atoms. The minimum absolute atomic E-state index is 0.0334. The molecule has 1 amide bonds. The number of phenolic OH excluding ortho intramolecular Hbond substituents is 1. The van der Waals surface area contributed by atoms with Crippen molar-refractivity contribution in [3.05, 3.63) is 65.5 Å². The van der Waals surface area contributed by atoms with E-state index < -0.39 is 0 Å². The first-order valence-corrected chi connectivity index (χ1v) is 5.91. The zero-order chi connectivity index (χ0) is 13.8. The van der Waals surface area contributed by atoms with Gasteiger partial charge in [-0.2, -0.15) is 0 Å². The number of benzene rings is 2. The Labute approximate surface area is 110 Å². The third-order valence-electron chi connectivity index (χ3n) is 2.80. The topological polar surface area (TPSA) is 49.3 Å². The number of nitrogens with one attached hydrogen (secondary N) is 1. The first-order valence-electron chi connectivity index (χ1n) is 5.91. The van der Waals surface area contributed by atoms with E-state index in [0.717, 1.165) is 0 Å². The number of aromatic hydroxyl groups is 1. The van der Waals surface area contributed by atoms with Gasteiger partial charge in [-0.3, -0.25) is 4.79 Å². The Hall–Kier alpha value is -2.36. The predicted molar refractivity (Wildman–Crippen MR) is 70.4 cm³/mol. The minimum atomic E-state index is -0.337. The molecule has 2 aromatic carbocycles. The van der Waals surface area contributed by atoms with Crippen LogP contribution in [-0.2, 0) is 0 Å². The van der Waals surface area contributed by atoms with Gasteiger partial charge in [0, 0.05) is 5.56 Å². The first kappa shape index (κ1) is 13.1. The molecule has 0 fully saturated rings. The molecule has 2 aromatic rings. The van der Waals surface area contributed by atoms with Gasteiger partial charge in [-0.05, 0) is 42.8 Å². The van der Waals surface area contributed by atoms with Crippen LogP contribution in [0.1, 0.15) is 28.9 Å². The van der Waals surface area contributed by atoms with Crippen LogP contribution in [0, 0.1) is 5.82 Å². The maximum absolute atomic E-state index is 13.1. The molecule has 0 heterocycles. The van der Waals surface area contributed by atoms with Crippen molar-refractivity contribution in [3.8, 4) is 5.75 Å². The van der Waals surface area contributed by atoms with Gasteiger partial charge in [-0.1, -0.05) is 18.2 Å². The number of hydrogen-bond donors (Lipinski definition) is 2. The Bertz CT molecular complexity index is 598. The summed E-state index contributed by atoms with van der Waals surface area (Å²) in [6.45, 7) is 1.77. The van der Waals surface area contributed by atoms with E-state index in [1.807, 2.05) is 0 Å². The molecule has 0 radical (unpaired) electrons. The number of rotatable bonds is 3. The summed E-state index contributed by atoms with van der Waals surface area (Å²) >= 11 is 0. The fourth-order valence-corrected chi connectivity index (χ4v) is 1.79. The third-order valence-corrected chi connectivity index (χ3v) is 2.80. The molecule has 2 N–H and O–H groups in total. The Morgan fingerprint density at radius 2 is 1.95 bits per heavy atom. The number of phenols is 1. The van der Waals surface area contributed by atoms with E-state index in [2.05, 4.69) is 5.32 Å². The standard InChI is InChI=1S/C15H14FNO2/c1-10(11-4-2-6-13(16)8-11)17-15(19)12-5-3-7-14(18)9-12/h2-10,18H,1H3,(H,17,19). The molecule has 19 heavy (non-hydrogen) atoms. The van der Waals surface area contributed by atoms with Gasteiger partial charge in [0.2, 0.25) is 0 Å². The molecular weight excluding hydrogens is 245 g/mol. The number of carbonyl (C=O) groups excluding carboxylic acids is 1. The highest BCUT2D eigenvalue weighted by atomic mass is 19.1. The van der Waals surface area contributed by atoms with Gasteiger partial charge >= 0.3 is 0 Å². The van der Waals surface area contributed by atoms with Crippen LogP contribution in [0.5, 0.6) is 5.75 Å². The van der Waals surface area contributed by atoms with Crippen molar-refractivity contribution in [1.29, 1.82) is 0 Å². The number of carbonyl (C=O) groups is 1. The van der Waals surface area contributed by atoms with Gasteiger partial charge in [-0.25, -0.2) is 4.39 Å². The summed E-state index contributed by atoms with van der Waals surface area (Å²) < 4.78 is 13.1. The molecule has 0 aromatic heterocycles. The van der Waals surface area contributed by atoms with Crippen molar-refractivity contribution in [1.82, 2.24) is 5.32 Å². The molecule has 2 rings (SSSR count). The summed E-state index contributed by atoms with van der Waals surface area (Å²) in [5.41, 5.74) is 1.05. The van der Waals surface area contributed by atoms with Gasteiger partial charge in [0.15, 0.2) is 0 Å². The quantitative estimate of drug-likeness (QED) is 0.890. The zero-order valence-electron chi connectivity index (χ0n) is 10.4.